The van der Waals surface area contributed by atoms with Gasteiger partial charge in [-0.1, -0.05) is 71.9 Å². The Kier molecular flexibility index (Phi) is 5.43. The summed E-state index contributed by atoms with van der Waals surface area (Å²) in [6.45, 7) is 12.4. The summed E-state index contributed by atoms with van der Waals surface area (Å²) < 4.78 is 0. The second-order valence-electron chi connectivity index (χ2n) is 12.5. The van der Waals surface area contributed by atoms with Gasteiger partial charge in [0.25, 0.3) is 23.6 Å². The predicted molar refractivity (Wildman–Crippen MR) is 157 cm³/mol. The first-order chi connectivity index (χ1) is 18.8. The molecule has 0 aromatic heterocycles. The van der Waals surface area contributed by atoms with Gasteiger partial charge in [0.2, 0.25) is 0 Å². The normalized spacial score (nSPS) is 15.3. The molecule has 0 saturated carbocycles. The van der Waals surface area contributed by atoms with Crippen molar-refractivity contribution in [2.24, 2.45) is 0 Å². The van der Waals surface area contributed by atoms with E-state index in [1.165, 1.54) is 9.80 Å². The van der Waals surface area contributed by atoms with Gasteiger partial charge < -0.3 is 0 Å². The highest BCUT2D eigenvalue weighted by Gasteiger charge is 2.41. The lowest BCUT2D eigenvalue weighted by Crippen LogP contribution is -2.44. The molecule has 4 aromatic carbocycles. The molecule has 0 radical (unpaired) electrons. The number of nitrogens with zero attached hydrogens (tertiary/aromatic N) is 2. The third-order valence-electron chi connectivity index (χ3n) is 7.84. The second kappa shape index (κ2) is 8.46. The van der Waals surface area contributed by atoms with Crippen molar-refractivity contribution in [2.45, 2.75) is 52.4 Å². The fourth-order valence-electron chi connectivity index (χ4n) is 5.74. The molecule has 0 saturated heterocycles. The average Bonchev–Trinajstić information content (AvgIpc) is 2.90. The van der Waals surface area contributed by atoms with Crippen LogP contribution < -0.4 is 9.80 Å². The van der Waals surface area contributed by atoms with Crippen molar-refractivity contribution in [2.75, 3.05) is 9.80 Å². The molecule has 4 amide bonds. The van der Waals surface area contributed by atoms with Gasteiger partial charge in [-0.15, -0.1) is 0 Å². The third kappa shape index (κ3) is 3.63. The molecule has 6 heteroatoms. The van der Waals surface area contributed by atoms with Gasteiger partial charge in [0.15, 0.2) is 0 Å². The molecular formula is C34H30N2O4. The molecule has 2 heterocycles. The number of carbonyl (C=O) groups is 4. The van der Waals surface area contributed by atoms with Crippen molar-refractivity contribution in [3.8, 4) is 0 Å². The van der Waals surface area contributed by atoms with Gasteiger partial charge >= 0.3 is 0 Å². The first kappa shape index (κ1) is 25.7. The highest BCUT2D eigenvalue weighted by molar-refractivity contribution is 6.42. The van der Waals surface area contributed by atoms with E-state index < -0.39 is 23.6 Å². The predicted octanol–water partition coefficient (Wildman–Crippen LogP) is 7.04. The second-order valence-corrected chi connectivity index (χ2v) is 12.5. The lowest BCUT2D eigenvalue weighted by atomic mass is 9.83. The Balaban J connectivity index is 1.50. The van der Waals surface area contributed by atoms with E-state index in [0.29, 0.717) is 44.4 Å². The fourth-order valence-corrected chi connectivity index (χ4v) is 5.74. The first-order valence-electron chi connectivity index (χ1n) is 13.4. The minimum absolute atomic E-state index is 0.0758. The standard InChI is InChI=1S/C34H30N2O4/c1-33(2,3)19-11-13-20(14-12-19)35-29(37)21-15-17-23-28-24(18-16-22(27(21)28)30(35)38)32(40)36(31(23)39)26-10-8-7-9-25(26)34(4,5)6/h7-18H,1-6H3. The summed E-state index contributed by atoms with van der Waals surface area (Å²) in [5.41, 5.74) is 3.73. The van der Waals surface area contributed by atoms with E-state index in [0.717, 1.165) is 11.1 Å². The SMILES string of the molecule is CC(C)(C)c1ccc(N2C(=O)c3ccc4c5c(ccc(c35)C2=O)C(=O)N(c2ccccc2C(C)(C)C)C4=O)cc1. The molecule has 2 aliphatic heterocycles. The van der Waals surface area contributed by atoms with E-state index in [1.54, 1.807) is 48.5 Å². The molecule has 0 spiro atoms. The van der Waals surface area contributed by atoms with Gasteiger partial charge in [0.05, 0.1) is 11.4 Å². The molecule has 2 aliphatic rings. The van der Waals surface area contributed by atoms with Crippen molar-refractivity contribution < 1.29 is 19.2 Å². The lowest BCUT2D eigenvalue weighted by Gasteiger charge is -2.34. The largest absolute Gasteiger partial charge is 0.268 e. The molecule has 6 rings (SSSR count). The molecule has 0 N–H and O–H groups in total. The van der Waals surface area contributed by atoms with Crippen LogP contribution in [0, 0.1) is 0 Å². The summed E-state index contributed by atoms with van der Waals surface area (Å²) in [6.07, 6.45) is 0. The van der Waals surface area contributed by atoms with Gasteiger partial charge in [-0.25, -0.2) is 9.80 Å². The highest BCUT2D eigenvalue weighted by atomic mass is 16.2. The number of hydrogen-bond acceptors (Lipinski definition) is 4. The van der Waals surface area contributed by atoms with Crippen LogP contribution in [0.15, 0.2) is 72.8 Å². The Bertz CT molecular complexity index is 1720. The Morgan fingerprint density at radius 2 is 0.900 bits per heavy atom. The van der Waals surface area contributed by atoms with E-state index in [-0.39, 0.29) is 10.8 Å². The number of anilines is 2. The maximum absolute atomic E-state index is 13.9. The van der Waals surface area contributed by atoms with Crippen LogP contribution in [0.3, 0.4) is 0 Å². The molecule has 40 heavy (non-hydrogen) atoms. The Morgan fingerprint density at radius 1 is 0.475 bits per heavy atom. The topological polar surface area (TPSA) is 74.8 Å². The van der Waals surface area contributed by atoms with Crippen molar-refractivity contribution >= 4 is 45.8 Å². The monoisotopic (exact) mass is 530 g/mol. The zero-order chi connectivity index (χ0) is 28.7. The van der Waals surface area contributed by atoms with Gasteiger partial charge in [0.1, 0.15) is 0 Å². The summed E-state index contributed by atoms with van der Waals surface area (Å²) in [5.74, 6) is -1.91. The summed E-state index contributed by atoms with van der Waals surface area (Å²) in [6, 6.07) is 21.2. The molecule has 6 nitrogen and oxygen atoms in total. The maximum Gasteiger partial charge on any atom is 0.265 e. The molecule has 0 aliphatic carbocycles. The zero-order valence-electron chi connectivity index (χ0n) is 23.5. The number of imide groups is 2. The molecule has 200 valence electrons. The van der Waals surface area contributed by atoms with Gasteiger partial charge in [-0.2, -0.15) is 0 Å². The number of amides is 4. The van der Waals surface area contributed by atoms with Crippen LogP contribution in [0.25, 0.3) is 10.8 Å². The number of rotatable bonds is 2. The summed E-state index contributed by atoms with van der Waals surface area (Å²) in [4.78, 5) is 57.7. The molecular weight excluding hydrogens is 500 g/mol. The number of benzene rings is 4. The fraction of sp³-hybridized carbons (Fsp3) is 0.235. The highest BCUT2D eigenvalue weighted by Crippen LogP contribution is 2.42. The number of para-hydroxylation sites is 1. The molecule has 0 fully saturated rings. The Hall–Kier alpha value is -4.58. The smallest absolute Gasteiger partial charge is 0.265 e. The van der Waals surface area contributed by atoms with Crippen LogP contribution in [-0.2, 0) is 10.8 Å². The van der Waals surface area contributed by atoms with Gasteiger partial charge in [-0.05, 0) is 64.4 Å². The van der Waals surface area contributed by atoms with Crippen LogP contribution >= 0.6 is 0 Å². The third-order valence-corrected chi connectivity index (χ3v) is 7.84. The van der Waals surface area contributed by atoms with Crippen molar-refractivity contribution in [3.63, 3.8) is 0 Å². The quantitative estimate of drug-likeness (QED) is 0.261. The Morgan fingerprint density at radius 3 is 1.32 bits per heavy atom. The summed E-state index contributed by atoms with van der Waals surface area (Å²) in [7, 11) is 0. The minimum atomic E-state index is -0.481. The van der Waals surface area contributed by atoms with Gasteiger partial charge in [0, 0.05) is 33.0 Å². The number of hydrogen-bond donors (Lipinski definition) is 0. The maximum atomic E-state index is 13.9. The van der Waals surface area contributed by atoms with Crippen LogP contribution in [0.5, 0.6) is 0 Å². The van der Waals surface area contributed by atoms with Crippen molar-refractivity contribution in [3.05, 3.63) is 106 Å². The average molecular weight is 531 g/mol. The van der Waals surface area contributed by atoms with E-state index in [9.17, 15) is 19.2 Å². The van der Waals surface area contributed by atoms with Crippen LogP contribution in [-0.4, -0.2) is 23.6 Å². The molecule has 0 atom stereocenters. The van der Waals surface area contributed by atoms with Crippen LogP contribution in [0.2, 0.25) is 0 Å². The van der Waals surface area contributed by atoms with Crippen LogP contribution in [0.1, 0.15) is 94.1 Å². The van der Waals surface area contributed by atoms with Crippen molar-refractivity contribution in [1.82, 2.24) is 0 Å². The molecule has 0 bridgehead atoms. The first-order valence-corrected chi connectivity index (χ1v) is 13.4. The van der Waals surface area contributed by atoms with E-state index in [2.05, 4.69) is 20.8 Å². The zero-order valence-corrected chi connectivity index (χ0v) is 23.5. The number of carbonyl (C=O) groups excluding carboxylic acids is 4. The van der Waals surface area contributed by atoms with E-state index in [1.807, 2.05) is 45.0 Å². The summed E-state index contributed by atoms with van der Waals surface area (Å²) in [5, 5.41) is 0.719. The molecule has 0 unspecified atom stereocenters. The van der Waals surface area contributed by atoms with Crippen LogP contribution in [0.4, 0.5) is 11.4 Å². The van der Waals surface area contributed by atoms with Gasteiger partial charge in [-0.3, -0.25) is 19.2 Å². The van der Waals surface area contributed by atoms with Crippen molar-refractivity contribution in [1.29, 1.82) is 0 Å². The molecule has 4 aromatic rings. The lowest BCUT2D eigenvalue weighted by molar-refractivity contribution is 0.0872. The van der Waals surface area contributed by atoms with E-state index >= 15 is 0 Å². The van der Waals surface area contributed by atoms with E-state index in [4.69, 9.17) is 0 Å². The Labute approximate surface area is 233 Å². The minimum Gasteiger partial charge on any atom is -0.268 e. The summed E-state index contributed by atoms with van der Waals surface area (Å²) >= 11 is 0.